The predicted molar refractivity (Wildman–Crippen MR) is 85.9 cm³/mol. The Labute approximate surface area is 133 Å². The lowest BCUT2D eigenvalue weighted by atomic mass is 9.98. The predicted octanol–water partition coefficient (Wildman–Crippen LogP) is 3.01. The highest BCUT2D eigenvalue weighted by atomic mass is 35.5. The molecule has 1 aromatic heterocycles. The van der Waals surface area contributed by atoms with Crippen LogP contribution >= 0.6 is 23.7 Å². The monoisotopic (exact) mass is 328 g/mol. The van der Waals surface area contributed by atoms with Crippen molar-refractivity contribution in [3.05, 3.63) is 52.0 Å². The van der Waals surface area contributed by atoms with Gasteiger partial charge in [-0.2, -0.15) is 11.3 Å². The van der Waals surface area contributed by atoms with Gasteiger partial charge in [-0.05, 0) is 28.5 Å². The molecule has 0 bridgehead atoms. The highest BCUT2D eigenvalue weighted by molar-refractivity contribution is 7.08. The summed E-state index contributed by atoms with van der Waals surface area (Å²) in [6.45, 7) is 3.61. The summed E-state index contributed by atoms with van der Waals surface area (Å²) in [5.41, 5.74) is 1.74. The molecule has 1 aliphatic rings. The van der Waals surface area contributed by atoms with Gasteiger partial charge in [-0.25, -0.2) is 4.39 Å². The smallest absolute Gasteiger partial charge is 0.132 e. The summed E-state index contributed by atoms with van der Waals surface area (Å²) in [6, 6.07) is 6.40. The fourth-order valence-corrected chi connectivity index (χ4v) is 3.37. The number of benzene rings is 1. The summed E-state index contributed by atoms with van der Waals surface area (Å²) in [6.07, 6.45) is 0. The molecule has 2 heterocycles. The van der Waals surface area contributed by atoms with Gasteiger partial charge >= 0.3 is 0 Å². The number of halogens is 2. The molecule has 1 saturated heterocycles. The number of hydrogen-bond donors (Lipinski definition) is 2. The molecule has 1 aliphatic heterocycles. The molecule has 0 unspecified atom stereocenters. The Balaban J connectivity index is 0.00000161. The van der Waals surface area contributed by atoms with Crippen molar-refractivity contribution in [3.63, 3.8) is 0 Å². The van der Waals surface area contributed by atoms with Gasteiger partial charge in [0.05, 0.1) is 6.04 Å². The van der Waals surface area contributed by atoms with Crippen LogP contribution in [0.1, 0.15) is 17.2 Å². The number of phenolic OH excluding ortho intramolecular Hbond substituents is 1. The molecule has 6 heteroatoms. The van der Waals surface area contributed by atoms with Gasteiger partial charge in [0.1, 0.15) is 11.6 Å². The van der Waals surface area contributed by atoms with Crippen LogP contribution in [0.5, 0.6) is 5.75 Å². The molecule has 0 aliphatic carbocycles. The van der Waals surface area contributed by atoms with E-state index in [0.29, 0.717) is 5.56 Å². The van der Waals surface area contributed by atoms with Crippen LogP contribution < -0.4 is 5.32 Å². The van der Waals surface area contributed by atoms with Crippen molar-refractivity contribution in [1.29, 1.82) is 0 Å². The van der Waals surface area contributed by atoms with Gasteiger partial charge in [0.15, 0.2) is 0 Å². The van der Waals surface area contributed by atoms with E-state index in [0.717, 1.165) is 31.7 Å². The van der Waals surface area contributed by atoms with Crippen molar-refractivity contribution in [2.24, 2.45) is 0 Å². The molecule has 3 rings (SSSR count). The number of phenols is 1. The number of piperazine rings is 1. The molecular weight excluding hydrogens is 311 g/mol. The van der Waals surface area contributed by atoms with E-state index in [9.17, 15) is 9.50 Å². The molecule has 1 atom stereocenters. The van der Waals surface area contributed by atoms with Crippen LogP contribution in [-0.2, 0) is 0 Å². The molecule has 0 amide bonds. The van der Waals surface area contributed by atoms with Crippen LogP contribution in [0.4, 0.5) is 4.39 Å². The molecular formula is C15H18ClFN2OS. The van der Waals surface area contributed by atoms with E-state index in [1.807, 2.05) is 11.4 Å². The Hall–Kier alpha value is -1.14. The van der Waals surface area contributed by atoms with Gasteiger partial charge in [-0.3, -0.25) is 4.90 Å². The number of thiophene rings is 1. The topological polar surface area (TPSA) is 35.5 Å². The Morgan fingerprint density at radius 1 is 1.24 bits per heavy atom. The van der Waals surface area contributed by atoms with Gasteiger partial charge in [0.2, 0.25) is 0 Å². The Morgan fingerprint density at radius 2 is 2.00 bits per heavy atom. The largest absolute Gasteiger partial charge is 0.508 e. The summed E-state index contributed by atoms with van der Waals surface area (Å²) in [7, 11) is 0. The molecule has 21 heavy (non-hydrogen) atoms. The summed E-state index contributed by atoms with van der Waals surface area (Å²) < 4.78 is 14.2. The maximum Gasteiger partial charge on any atom is 0.132 e. The molecule has 0 spiro atoms. The molecule has 3 nitrogen and oxygen atoms in total. The summed E-state index contributed by atoms with van der Waals surface area (Å²) in [4.78, 5) is 2.29. The highest BCUT2D eigenvalue weighted by Gasteiger charge is 2.26. The fourth-order valence-electron chi connectivity index (χ4n) is 2.70. The third-order valence-electron chi connectivity index (χ3n) is 3.65. The SMILES string of the molecule is Cl.Oc1ccc([C@@H](c2ccsc2)N2CCNCC2)c(F)c1. The Bertz CT molecular complexity index is 573. The van der Waals surface area contributed by atoms with E-state index < -0.39 is 0 Å². The van der Waals surface area contributed by atoms with Crippen molar-refractivity contribution >= 4 is 23.7 Å². The standard InChI is InChI=1S/C15H17FN2OS.ClH/c16-14-9-12(19)1-2-13(14)15(11-3-8-20-10-11)18-6-4-17-5-7-18;/h1-3,8-10,15,17,19H,4-7H2;1H/t15-;/m1./s1. The van der Waals surface area contributed by atoms with Crippen LogP contribution in [0.2, 0.25) is 0 Å². The minimum atomic E-state index is -0.347. The van der Waals surface area contributed by atoms with E-state index in [1.165, 1.54) is 6.07 Å². The summed E-state index contributed by atoms with van der Waals surface area (Å²) in [5, 5.41) is 16.8. The quantitative estimate of drug-likeness (QED) is 0.909. The Kier molecular flexibility index (Phi) is 5.58. The van der Waals surface area contributed by atoms with Gasteiger partial charge in [-0.15, -0.1) is 12.4 Å². The number of rotatable bonds is 3. The van der Waals surface area contributed by atoms with E-state index in [1.54, 1.807) is 23.5 Å². The second-order valence-corrected chi connectivity index (χ2v) is 5.73. The molecule has 1 fully saturated rings. The van der Waals surface area contributed by atoms with Crippen LogP contribution in [0.15, 0.2) is 35.0 Å². The van der Waals surface area contributed by atoms with Gasteiger partial charge in [-0.1, -0.05) is 6.07 Å². The number of nitrogens with zero attached hydrogens (tertiary/aromatic N) is 1. The second kappa shape index (κ2) is 7.22. The van der Waals surface area contributed by atoms with E-state index in [-0.39, 0.29) is 30.0 Å². The zero-order valence-corrected chi connectivity index (χ0v) is 13.1. The first-order valence-electron chi connectivity index (χ1n) is 6.71. The second-order valence-electron chi connectivity index (χ2n) is 4.95. The molecule has 0 saturated carbocycles. The van der Waals surface area contributed by atoms with Crippen molar-refractivity contribution in [2.45, 2.75) is 6.04 Å². The first kappa shape index (κ1) is 16.2. The first-order chi connectivity index (χ1) is 9.75. The van der Waals surface area contributed by atoms with Gasteiger partial charge in [0, 0.05) is 37.8 Å². The lowest BCUT2D eigenvalue weighted by molar-refractivity contribution is 0.195. The fraction of sp³-hybridized carbons (Fsp3) is 0.333. The van der Waals surface area contributed by atoms with E-state index in [2.05, 4.69) is 15.6 Å². The summed E-state index contributed by atoms with van der Waals surface area (Å²) in [5.74, 6) is -0.379. The number of hydrogen-bond acceptors (Lipinski definition) is 4. The molecule has 2 aromatic rings. The van der Waals surface area contributed by atoms with Crippen LogP contribution in [-0.4, -0.2) is 36.2 Å². The zero-order valence-electron chi connectivity index (χ0n) is 11.5. The van der Waals surface area contributed by atoms with Crippen LogP contribution in [0.3, 0.4) is 0 Å². The van der Waals surface area contributed by atoms with Crippen LogP contribution in [0, 0.1) is 5.82 Å². The van der Waals surface area contributed by atoms with Crippen molar-refractivity contribution in [3.8, 4) is 5.75 Å². The number of nitrogens with one attached hydrogen (secondary N) is 1. The highest BCUT2D eigenvalue weighted by Crippen LogP contribution is 2.33. The summed E-state index contributed by atoms with van der Waals surface area (Å²) >= 11 is 1.62. The van der Waals surface area contributed by atoms with Crippen molar-refractivity contribution < 1.29 is 9.50 Å². The number of aromatic hydroxyl groups is 1. The minimum absolute atomic E-state index is 0. The lowest BCUT2D eigenvalue weighted by Crippen LogP contribution is -2.45. The lowest BCUT2D eigenvalue weighted by Gasteiger charge is -2.35. The average Bonchev–Trinajstić information content (AvgIpc) is 2.97. The molecule has 2 N–H and O–H groups in total. The Morgan fingerprint density at radius 3 is 2.62 bits per heavy atom. The molecule has 1 aromatic carbocycles. The minimum Gasteiger partial charge on any atom is -0.508 e. The van der Waals surface area contributed by atoms with E-state index in [4.69, 9.17) is 0 Å². The maximum absolute atomic E-state index is 14.2. The zero-order chi connectivity index (χ0) is 13.9. The van der Waals surface area contributed by atoms with Gasteiger partial charge < -0.3 is 10.4 Å². The maximum atomic E-state index is 14.2. The van der Waals surface area contributed by atoms with E-state index >= 15 is 0 Å². The third kappa shape index (κ3) is 3.55. The van der Waals surface area contributed by atoms with Crippen LogP contribution in [0.25, 0.3) is 0 Å². The van der Waals surface area contributed by atoms with Crippen molar-refractivity contribution in [1.82, 2.24) is 10.2 Å². The van der Waals surface area contributed by atoms with Crippen molar-refractivity contribution in [2.75, 3.05) is 26.2 Å². The molecule has 0 radical (unpaired) electrons. The normalized spacial score (nSPS) is 17.2. The van der Waals surface area contributed by atoms with Gasteiger partial charge in [0.25, 0.3) is 0 Å². The third-order valence-corrected chi connectivity index (χ3v) is 4.36. The average molecular weight is 329 g/mol. The molecule has 114 valence electrons. The first-order valence-corrected chi connectivity index (χ1v) is 7.65.